The number of alkyl halides is 1. The first kappa shape index (κ1) is 9.85. The molecule has 70 valence electrons. The summed E-state index contributed by atoms with van der Waals surface area (Å²) in [6.07, 6.45) is 4.07. The van der Waals surface area contributed by atoms with Gasteiger partial charge >= 0.3 is 0 Å². The van der Waals surface area contributed by atoms with Crippen molar-refractivity contribution in [2.45, 2.75) is 38.6 Å². The summed E-state index contributed by atoms with van der Waals surface area (Å²) >= 11 is 5.46. The van der Waals surface area contributed by atoms with Crippen LogP contribution in [0.4, 0.5) is 0 Å². The lowest BCUT2D eigenvalue weighted by Gasteiger charge is -2.16. The van der Waals surface area contributed by atoms with Crippen LogP contribution >= 0.6 is 11.6 Å². The molecule has 2 atom stereocenters. The van der Waals surface area contributed by atoms with Crippen LogP contribution in [0.2, 0.25) is 0 Å². The van der Waals surface area contributed by atoms with Crippen LogP contribution < -0.4 is 5.32 Å². The van der Waals surface area contributed by atoms with E-state index in [0.29, 0.717) is 24.3 Å². The maximum Gasteiger partial charge on any atom is 0.221 e. The van der Waals surface area contributed by atoms with Gasteiger partial charge in [0.15, 0.2) is 0 Å². The van der Waals surface area contributed by atoms with E-state index in [1.54, 1.807) is 0 Å². The topological polar surface area (TPSA) is 29.1 Å². The van der Waals surface area contributed by atoms with Crippen molar-refractivity contribution in [2.24, 2.45) is 5.92 Å². The van der Waals surface area contributed by atoms with Crippen molar-refractivity contribution < 1.29 is 4.79 Å². The van der Waals surface area contributed by atoms with Crippen molar-refractivity contribution in [2.75, 3.05) is 5.88 Å². The van der Waals surface area contributed by atoms with E-state index in [9.17, 15) is 4.79 Å². The monoisotopic (exact) mass is 189 g/mol. The first-order valence-corrected chi connectivity index (χ1v) is 5.13. The highest BCUT2D eigenvalue weighted by Crippen LogP contribution is 2.24. The van der Waals surface area contributed by atoms with Gasteiger partial charge in [-0.3, -0.25) is 4.79 Å². The molecule has 0 saturated heterocycles. The van der Waals surface area contributed by atoms with Gasteiger partial charge in [0.05, 0.1) is 0 Å². The van der Waals surface area contributed by atoms with Crippen molar-refractivity contribution >= 4 is 17.5 Å². The predicted octanol–water partition coefficient (Wildman–Crippen LogP) is 1.92. The molecule has 0 aromatic heterocycles. The molecular formula is C9H16ClNO. The molecule has 1 amide bonds. The molecule has 0 aromatic rings. The molecule has 0 spiro atoms. The molecule has 0 aromatic carbocycles. The minimum absolute atomic E-state index is 0.101. The molecule has 0 radical (unpaired) electrons. The number of hydrogen-bond acceptors (Lipinski definition) is 1. The molecule has 3 heteroatoms. The van der Waals surface area contributed by atoms with Crippen molar-refractivity contribution in [3.63, 3.8) is 0 Å². The Balaban J connectivity index is 2.25. The lowest BCUT2D eigenvalue weighted by atomic mass is 10.1. The third kappa shape index (κ3) is 2.67. The first-order valence-electron chi connectivity index (χ1n) is 4.59. The molecule has 1 rings (SSSR count). The average molecular weight is 190 g/mol. The Hall–Kier alpha value is -0.240. The smallest absolute Gasteiger partial charge is 0.221 e. The van der Waals surface area contributed by atoms with E-state index in [1.165, 1.54) is 12.8 Å². The fraction of sp³-hybridized carbons (Fsp3) is 0.889. The van der Waals surface area contributed by atoms with E-state index in [2.05, 4.69) is 12.2 Å². The second-order valence-electron chi connectivity index (χ2n) is 3.52. The van der Waals surface area contributed by atoms with Crippen LogP contribution in [-0.2, 0) is 4.79 Å². The lowest BCUT2D eigenvalue weighted by Crippen LogP contribution is -2.36. The Bertz CT molecular complexity index is 161. The Labute approximate surface area is 78.7 Å². The summed E-state index contributed by atoms with van der Waals surface area (Å²) in [5.74, 6) is 1.17. The third-order valence-electron chi connectivity index (χ3n) is 2.53. The molecule has 0 aliphatic heterocycles. The van der Waals surface area contributed by atoms with E-state index < -0.39 is 0 Å². The minimum atomic E-state index is 0.101. The van der Waals surface area contributed by atoms with Crippen LogP contribution in [0.15, 0.2) is 0 Å². The van der Waals surface area contributed by atoms with Gasteiger partial charge in [-0.1, -0.05) is 13.3 Å². The third-order valence-corrected chi connectivity index (χ3v) is 2.72. The Kier molecular flexibility index (Phi) is 3.86. The Morgan fingerprint density at radius 1 is 1.58 bits per heavy atom. The molecule has 0 heterocycles. The van der Waals surface area contributed by atoms with Crippen molar-refractivity contribution in [1.29, 1.82) is 0 Å². The number of amides is 1. The molecule has 0 bridgehead atoms. The number of nitrogens with one attached hydrogen (secondary N) is 1. The molecule has 2 unspecified atom stereocenters. The van der Waals surface area contributed by atoms with Crippen LogP contribution in [0.3, 0.4) is 0 Å². The zero-order valence-electron chi connectivity index (χ0n) is 7.48. The SMILES string of the molecule is CC1CCCC1NC(=O)CCCl. The fourth-order valence-electron chi connectivity index (χ4n) is 1.72. The van der Waals surface area contributed by atoms with E-state index in [0.717, 1.165) is 6.42 Å². The van der Waals surface area contributed by atoms with Crippen molar-refractivity contribution in [3.05, 3.63) is 0 Å². The summed E-state index contributed by atoms with van der Waals surface area (Å²) < 4.78 is 0. The Morgan fingerprint density at radius 3 is 2.83 bits per heavy atom. The fourth-order valence-corrected chi connectivity index (χ4v) is 1.90. The van der Waals surface area contributed by atoms with Crippen LogP contribution in [0.25, 0.3) is 0 Å². The highest BCUT2D eigenvalue weighted by Gasteiger charge is 2.24. The van der Waals surface area contributed by atoms with Gasteiger partial charge < -0.3 is 5.32 Å². The number of rotatable bonds is 3. The van der Waals surface area contributed by atoms with Crippen molar-refractivity contribution in [1.82, 2.24) is 5.32 Å². The maximum absolute atomic E-state index is 11.1. The largest absolute Gasteiger partial charge is 0.353 e. The number of carbonyl (C=O) groups is 1. The van der Waals surface area contributed by atoms with Gasteiger partial charge in [0.1, 0.15) is 0 Å². The summed E-state index contributed by atoms with van der Waals surface area (Å²) in [5, 5.41) is 3.01. The van der Waals surface area contributed by atoms with Crippen molar-refractivity contribution in [3.8, 4) is 0 Å². The second kappa shape index (κ2) is 4.70. The predicted molar refractivity (Wildman–Crippen MR) is 50.3 cm³/mol. The standard InChI is InChI=1S/C9H16ClNO/c1-7-3-2-4-8(7)11-9(12)5-6-10/h7-8H,2-6H2,1H3,(H,11,12). The highest BCUT2D eigenvalue weighted by molar-refractivity contribution is 6.18. The van der Waals surface area contributed by atoms with E-state index in [1.807, 2.05) is 0 Å². The van der Waals surface area contributed by atoms with Crippen LogP contribution in [-0.4, -0.2) is 17.8 Å². The summed E-state index contributed by atoms with van der Waals surface area (Å²) in [6.45, 7) is 2.19. The van der Waals surface area contributed by atoms with Crippen LogP contribution in [0.1, 0.15) is 32.6 Å². The number of hydrogen-bond donors (Lipinski definition) is 1. The van der Waals surface area contributed by atoms with Gasteiger partial charge in [0.2, 0.25) is 5.91 Å². The average Bonchev–Trinajstić information content (AvgIpc) is 2.37. The first-order chi connectivity index (χ1) is 5.74. The van der Waals surface area contributed by atoms with Gasteiger partial charge in [-0.25, -0.2) is 0 Å². The molecule has 1 aliphatic rings. The molecule has 2 nitrogen and oxygen atoms in total. The quantitative estimate of drug-likeness (QED) is 0.676. The summed E-state index contributed by atoms with van der Waals surface area (Å²) in [4.78, 5) is 11.1. The number of carbonyl (C=O) groups excluding carboxylic acids is 1. The lowest BCUT2D eigenvalue weighted by molar-refractivity contribution is -0.121. The molecule has 1 aliphatic carbocycles. The van der Waals surface area contributed by atoms with Crippen LogP contribution in [0.5, 0.6) is 0 Å². The second-order valence-corrected chi connectivity index (χ2v) is 3.90. The van der Waals surface area contributed by atoms with E-state index >= 15 is 0 Å². The van der Waals surface area contributed by atoms with Gasteiger partial charge in [-0.2, -0.15) is 0 Å². The Morgan fingerprint density at radius 2 is 2.33 bits per heavy atom. The number of halogens is 1. The molecule has 12 heavy (non-hydrogen) atoms. The van der Waals surface area contributed by atoms with E-state index in [-0.39, 0.29) is 5.91 Å². The molecule has 1 saturated carbocycles. The van der Waals surface area contributed by atoms with E-state index in [4.69, 9.17) is 11.6 Å². The zero-order valence-corrected chi connectivity index (χ0v) is 8.23. The highest BCUT2D eigenvalue weighted by atomic mass is 35.5. The maximum atomic E-state index is 11.1. The summed E-state index contributed by atoms with van der Waals surface area (Å²) in [7, 11) is 0. The van der Waals surface area contributed by atoms with Gasteiger partial charge in [-0.05, 0) is 18.8 Å². The van der Waals surface area contributed by atoms with Gasteiger partial charge in [0, 0.05) is 18.3 Å². The van der Waals surface area contributed by atoms with Gasteiger partial charge in [0.25, 0.3) is 0 Å². The summed E-state index contributed by atoms with van der Waals surface area (Å²) in [6, 6.07) is 0.403. The minimum Gasteiger partial charge on any atom is -0.353 e. The molecule has 1 fully saturated rings. The molecular weight excluding hydrogens is 174 g/mol. The normalized spacial score (nSPS) is 28.8. The van der Waals surface area contributed by atoms with Gasteiger partial charge in [-0.15, -0.1) is 11.6 Å². The zero-order chi connectivity index (χ0) is 8.97. The summed E-state index contributed by atoms with van der Waals surface area (Å²) in [5.41, 5.74) is 0. The van der Waals surface area contributed by atoms with Crippen LogP contribution in [0, 0.1) is 5.92 Å². The molecule has 1 N–H and O–H groups in total.